The maximum Gasteiger partial charge on any atom is 0.127 e. The zero-order chi connectivity index (χ0) is 17.5. The van der Waals surface area contributed by atoms with Crippen LogP contribution in [0.15, 0.2) is 84.9 Å². The van der Waals surface area contributed by atoms with Crippen molar-refractivity contribution >= 4 is 12.4 Å². The predicted molar refractivity (Wildman–Crippen MR) is 111 cm³/mol. The minimum absolute atomic E-state index is 0. The number of nitrogens with one attached hydrogen (secondary N) is 1. The molecule has 3 aromatic carbocycles. The van der Waals surface area contributed by atoms with Gasteiger partial charge in [0.2, 0.25) is 0 Å². The summed E-state index contributed by atoms with van der Waals surface area (Å²) in [6.45, 7) is 6.33. The second kappa shape index (κ2) is 9.42. The van der Waals surface area contributed by atoms with Crippen molar-refractivity contribution in [3.63, 3.8) is 0 Å². The molecule has 0 bridgehead atoms. The van der Waals surface area contributed by atoms with Crippen LogP contribution in [0.1, 0.15) is 25.0 Å². The van der Waals surface area contributed by atoms with Gasteiger partial charge in [-0.1, -0.05) is 74.5 Å². The van der Waals surface area contributed by atoms with E-state index in [2.05, 4.69) is 55.6 Å². The Morgan fingerprint density at radius 1 is 0.731 bits per heavy atom. The van der Waals surface area contributed by atoms with Gasteiger partial charge in [0.25, 0.3) is 0 Å². The monoisotopic (exact) mass is 367 g/mol. The third kappa shape index (κ3) is 5.62. The van der Waals surface area contributed by atoms with E-state index in [4.69, 9.17) is 4.74 Å². The molecule has 2 nitrogen and oxygen atoms in total. The lowest BCUT2D eigenvalue weighted by atomic mass is 9.84. The van der Waals surface area contributed by atoms with Gasteiger partial charge in [-0.25, -0.2) is 0 Å². The van der Waals surface area contributed by atoms with Gasteiger partial charge in [-0.3, -0.25) is 0 Å². The quantitative estimate of drug-likeness (QED) is 0.555. The first-order chi connectivity index (χ1) is 12.1. The molecule has 0 aromatic heterocycles. The van der Waals surface area contributed by atoms with E-state index in [1.807, 2.05) is 48.5 Å². The average Bonchev–Trinajstić information content (AvgIpc) is 2.64. The number of hydrogen-bond acceptors (Lipinski definition) is 2. The van der Waals surface area contributed by atoms with Crippen LogP contribution in [0.3, 0.4) is 0 Å². The molecule has 0 atom stereocenters. The van der Waals surface area contributed by atoms with E-state index in [-0.39, 0.29) is 17.8 Å². The van der Waals surface area contributed by atoms with E-state index in [0.717, 1.165) is 24.6 Å². The molecule has 0 radical (unpaired) electrons. The Kier molecular flexibility index (Phi) is 7.26. The molecular formula is C23H26ClNO. The molecule has 0 saturated heterocycles. The third-order valence-electron chi connectivity index (χ3n) is 4.35. The molecule has 26 heavy (non-hydrogen) atoms. The normalized spacial score (nSPS) is 10.8. The molecule has 0 spiro atoms. The lowest BCUT2D eigenvalue weighted by molar-refractivity contribution is 0.464. The molecule has 0 amide bonds. The molecule has 0 aliphatic rings. The number of hydrogen-bond donors (Lipinski definition) is 1. The summed E-state index contributed by atoms with van der Waals surface area (Å²) < 4.78 is 5.87. The Labute approximate surface area is 162 Å². The summed E-state index contributed by atoms with van der Waals surface area (Å²) in [7, 11) is 0. The van der Waals surface area contributed by atoms with E-state index in [1.54, 1.807) is 0 Å². The number of para-hydroxylation sites is 1. The van der Waals surface area contributed by atoms with Crippen molar-refractivity contribution in [3.8, 4) is 11.5 Å². The Bertz CT molecular complexity index is 770. The second-order valence-corrected chi connectivity index (χ2v) is 6.91. The average molecular weight is 368 g/mol. The lowest BCUT2D eigenvalue weighted by Crippen LogP contribution is -2.32. The second-order valence-electron chi connectivity index (χ2n) is 6.91. The molecule has 136 valence electrons. The van der Waals surface area contributed by atoms with Crippen molar-refractivity contribution in [3.05, 3.63) is 96.1 Å². The van der Waals surface area contributed by atoms with Crippen LogP contribution < -0.4 is 10.1 Å². The molecule has 3 heteroatoms. The fraction of sp³-hybridized carbons (Fsp3) is 0.217. The molecule has 0 aliphatic carbocycles. The molecule has 3 aromatic rings. The molecule has 0 fully saturated rings. The number of rotatable bonds is 7. The molecule has 1 N–H and O–H groups in total. The van der Waals surface area contributed by atoms with E-state index in [1.165, 1.54) is 11.1 Å². The van der Waals surface area contributed by atoms with Gasteiger partial charge >= 0.3 is 0 Å². The van der Waals surface area contributed by atoms with Gasteiger partial charge < -0.3 is 10.1 Å². The van der Waals surface area contributed by atoms with Gasteiger partial charge in [0.1, 0.15) is 11.5 Å². The first kappa shape index (κ1) is 20.0. The lowest BCUT2D eigenvalue weighted by Gasteiger charge is -2.26. The van der Waals surface area contributed by atoms with Crippen LogP contribution >= 0.6 is 12.4 Å². The molecule has 0 heterocycles. The van der Waals surface area contributed by atoms with Crippen molar-refractivity contribution in [1.82, 2.24) is 5.32 Å². The molecule has 3 rings (SSSR count). The SMILES string of the molecule is CC(C)(CNCc1ccccc1)c1ccc(Oc2ccccc2)cc1.Cl. The minimum atomic E-state index is 0. The maximum absolute atomic E-state index is 5.87. The highest BCUT2D eigenvalue weighted by atomic mass is 35.5. The number of benzene rings is 3. The zero-order valence-corrected chi connectivity index (χ0v) is 16.1. The van der Waals surface area contributed by atoms with Crippen LogP contribution in [0, 0.1) is 0 Å². The molecule has 0 aliphatic heterocycles. The van der Waals surface area contributed by atoms with Gasteiger partial charge in [-0.2, -0.15) is 0 Å². The Hall–Kier alpha value is -2.29. The summed E-state index contributed by atoms with van der Waals surface area (Å²) in [6.07, 6.45) is 0. The van der Waals surface area contributed by atoms with Crippen LogP contribution in [-0.4, -0.2) is 6.54 Å². The van der Waals surface area contributed by atoms with E-state index in [9.17, 15) is 0 Å². The summed E-state index contributed by atoms with van der Waals surface area (Å²) in [4.78, 5) is 0. The molecule has 0 saturated carbocycles. The first-order valence-corrected chi connectivity index (χ1v) is 8.72. The van der Waals surface area contributed by atoms with E-state index >= 15 is 0 Å². The van der Waals surface area contributed by atoms with Crippen LogP contribution in [0.5, 0.6) is 11.5 Å². The minimum Gasteiger partial charge on any atom is -0.457 e. The van der Waals surface area contributed by atoms with Crippen molar-refractivity contribution < 1.29 is 4.74 Å². The maximum atomic E-state index is 5.87. The standard InChI is InChI=1S/C23H25NO.ClH/c1-23(2,18-24-17-19-9-5-3-6-10-19)20-13-15-22(16-14-20)25-21-11-7-4-8-12-21;/h3-16,24H,17-18H2,1-2H3;1H. The highest BCUT2D eigenvalue weighted by Crippen LogP contribution is 2.27. The Balaban J connectivity index is 0.00000243. The Morgan fingerprint density at radius 3 is 1.88 bits per heavy atom. The fourth-order valence-electron chi connectivity index (χ4n) is 2.82. The fourth-order valence-corrected chi connectivity index (χ4v) is 2.82. The van der Waals surface area contributed by atoms with Gasteiger partial charge in [-0.05, 0) is 35.4 Å². The van der Waals surface area contributed by atoms with Gasteiger partial charge in [0.15, 0.2) is 0 Å². The van der Waals surface area contributed by atoms with Crippen molar-refractivity contribution in [2.75, 3.05) is 6.54 Å². The molecule has 0 unspecified atom stereocenters. The summed E-state index contributed by atoms with van der Waals surface area (Å²) in [5.41, 5.74) is 2.67. The van der Waals surface area contributed by atoms with Crippen molar-refractivity contribution in [2.24, 2.45) is 0 Å². The highest BCUT2D eigenvalue weighted by Gasteiger charge is 2.20. The van der Waals surface area contributed by atoms with Gasteiger partial charge in [0, 0.05) is 18.5 Å². The highest BCUT2D eigenvalue weighted by molar-refractivity contribution is 5.85. The smallest absolute Gasteiger partial charge is 0.127 e. The van der Waals surface area contributed by atoms with Crippen LogP contribution in [0.2, 0.25) is 0 Å². The Morgan fingerprint density at radius 2 is 1.27 bits per heavy atom. The van der Waals surface area contributed by atoms with Gasteiger partial charge in [0.05, 0.1) is 0 Å². The van der Waals surface area contributed by atoms with E-state index in [0.29, 0.717) is 0 Å². The summed E-state index contributed by atoms with van der Waals surface area (Å²) in [5.74, 6) is 1.72. The van der Waals surface area contributed by atoms with Crippen molar-refractivity contribution in [2.45, 2.75) is 25.8 Å². The molecular weight excluding hydrogens is 342 g/mol. The van der Waals surface area contributed by atoms with Crippen LogP contribution in [0.25, 0.3) is 0 Å². The van der Waals surface area contributed by atoms with Crippen LogP contribution in [0.4, 0.5) is 0 Å². The summed E-state index contributed by atoms with van der Waals surface area (Å²) in [6, 6.07) is 28.8. The summed E-state index contributed by atoms with van der Waals surface area (Å²) in [5, 5.41) is 3.56. The van der Waals surface area contributed by atoms with Crippen molar-refractivity contribution in [1.29, 1.82) is 0 Å². The van der Waals surface area contributed by atoms with E-state index < -0.39 is 0 Å². The van der Waals surface area contributed by atoms with Gasteiger partial charge in [-0.15, -0.1) is 12.4 Å². The first-order valence-electron chi connectivity index (χ1n) is 8.72. The zero-order valence-electron chi connectivity index (χ0n) is 15.3. The third-order valence-corrected chi connectivity index (χ3v) is 4.35. The van der Waals surface area contributed by atoms with Crippen LogP contribution in [-0.2, 0) is 12.0 Å². The predicted octanol–water partition coefficient (Wildman–Crippen LogP) is 5.97. The number of ether oxygens (including phenoxy) is 1. The number of halogens is 1. The topological polar surface area (TPSA) is 21.3 Å². The largest absolute Gasteiger partial charge is 0.457 e. The summed E-state index contributed by atoms with van der Waals surface area (Å²) >= 11 is 0.